The third-order valence-electron chi connectivity index (χ3n) is 7.56. The number of rotatable bonds is 19. The van der Waals surface area contributed by atoms with Gasteiger partial charge >= 0.3 is 19.6 Å². The Kier molecular flexibility index (Phi) is 14.1. The number of esters is 2. The molecule has 0 aliphatic carbocycles. The van der Waals surface area contributed by atoms with E-state index >= 15 is 0 Å². The molecule has 48 heavy (non-hydrogen) atoms. The van der Waals surface area contributed by atoms with E-state index in [1.54, 1.807) is 0 Å². The van der Waals surface area contributed by atoms with Crippen LogP contribution < -0.4 is 20.6 Å². The Hall–Kier alpha value is -2.92. The summed E-state index contributed by atoms with van der Waals surface area (Å²) in [5.74, 6) is -1.29. The fourth-order valence-corrected chi connectivity index (χ4v) is 7.07. The molecule has 0 amide bonds. The second-order valence-corrected chi connectivity index (χ2v) is 14.8. The van der Waals surface area contributed by atoms with Crippen molar-refractivity contribution in [3.8, 4) is 5.88 Å². The van der Waals surface area contributed by atoms with Gasteiger partial charge in [0.05, 0.1) is 33.3 Å². The molecule has 1 aliphatic heterocycles. The van der Waals surface area contributed by atoms with Gasteiger partial charge in [0.1, 0.15) is 29.9 Å². The minimum atomic E-state index is -4.32. The topological polar surface area (TPSA) is 232 Å². The molecule has 0 saturated carbocycles. The minimum Gasteiger partial charge on any atom is -0.479 e. The third kappa shape index (κ3) is 9.83. The number of ether oxygens (including phenoxy) is 4. The maximum atomic E-state index is 14.7. The normalized spacial score (nSPS) is 22.7. The number of nitrogens with zero attached hydrogens (tertiary/aromatic N) is 4. The maximum Gasteiger partial charge on any atom is 0.342 e. The van der Waals surface area contributed by atoms with Gasteiger partial charge in [-0.15, -0.1) is 0 Å². The highest BCUT2D eigenvalue weighted by atomic mass is 31.2. The van der Waals surface area contributed by atoms with Crippen molar-refractivity contribution in [2.75, 3.05) is 32.7 Å². The maximum absolute atomic E-state index is 14.7. The SMILES string of the molecule is CCCOC(=O)[C@H](CC(C)C)NP(=O)(N[C@@H](CC(C)C)C(=O)OCCC)OC[C@H]1OC(n2cnc3c(OC)nc(N)nc32)[C@@](C)(O)C1O. The molecule has 17 nitrogen and oxygen atoms in total. The van der Waals surface area contributed by atoms with Crippen molar-refractivity contribution in [3.63, 3.8) is 0 Å². The Balaban J connectivity index is 1.94. The molecule has 1 aliphatic rings. The van der Waals surface area contributed by atoms with Crippen molar-refractivity contribution in [2.24, 2.45) is 11.8 Å². The first kappa shape index (κ1) is 39.5. The number of aliphatic hydroxyl groups excluding tert-OH is 1. The van der Waals surface area contributed by atoms with Gasteiger partial charge in [-0.1, -0.05) is 41.5 Å². The zero-order valence-corrected chi connectivity index (χ0v) is 29.9. The van der Waals surface area contributed by atoms with Crippen LogP contribution in [0.4, 0.5) is 5.95 Å². The summed E-state index contributed by atoms with van der Waals surface area (Å²) in [7, 11) is -2.93. The summed E-state index contributed by atoms with van der Waals surface area (Å²) in [6.45, 7) is 12.4. The lowest BCUT2D eigenvalue weighted by Gasteiger charge is -2.30. The second-order valence-electron chi connectivity index (χ2n) is 12.9. The smallest absolute Gasteiger partial charge is 0.342 e. The lowest BCUT2D eigenvalue weighted by Crippen LogP contribution is -2.47. The van der Waals surface area contributed by atoms with E-state index in [1.807, 2.05) is 41.5 Å². The number of carbonyl (C=O) groups excluding carboxylic acids is 2. The van der Waals surface area contributed by atoms with Crippen LogP contribution in [0.1, 0.15) is 80.4 Å². The molecule has 272 valence electrons. The number of carbonyl (C=O) groups is 2. The first-order valence-electron chi connectivity index (χ1n) is 16.3. The average Bonchev–Trinajstić information content (AvgIpc) is 3.52. The zero-order chi connectivity index (χ0) is 35.8. The Morgan fingerprint density at radius 2 is 1.60 bits per heavy atom. The molecule has 6 atom stereocenters. The van der Waals surface area contributed by atoms with E-state index in [-0.39, 0.29) is 60.9 Å². The Morgan fingerprint density at radius 1 is 1.06 bits per heavy atom. The highest BCUT2D eigenvalue weighted by Crippen LogP contribution is 2.45. The van der Waals surface area contributed by atoms with Crippen molar-refractivity contribution < 1.29 is 47.8 Å². The van der Waals surface area contributed by atoms with Crippen LogP contribution in [0.3, 0.4) is 0 Å². The molecule has 0 spiro atoms. The van der Waals surface area contributed by atoms with Crippen LogP contribution in [0.2, 0.25) is 0 Å². The van der Waals surface area contributed by atoms with Crippen LogP contribution in [0, 0.1) is 11.8 Å². The van der Waals surface area contributed by atoms with Gasteiger partial charge in [0, 0.05) is 0 Å². The highest BCUT2D eigenvalue weighted by molar-refractivity contribution is 7.54. The number of aliphatic hydroxyl groups is 2. The zero-order valence-electron chi connectivity index (χ0n) is 29.0. The minimum absolute atomic E-state index is 0.0107. The van der Waals surface area contributed by atoms with E-state index in [4.69, 9.17) is 29.2 Å². The third-order valence-corrected chi connectivity index (χ3v) is 9.38. The Bertz CT molecular complexity index is 1380. The van der Waals surface area contributed by atoms with Gasteiger partial charge in [-0.25, -0.2) is 15.2 Å². The number of fused-ring (bicyclic) bond motifs is 1. The molecule has 6 N–H and O–H groups in total. The molecule has 2 aromatic rings. The number of nitrogen functional groups attached to an aromatic ring is 1. The van der Waals surface area contributed by atoms with Crippen molar-refractivity contribution in [3.05, 3.63) is 6.33 Å². The molecule has 2 aromatic heterocycles. The lowest BCUT2D eigenvalue weighted by molar-refractivity contribution is -0.146. The van der Waals surface area contributed by atoms with Gasteiger partial charge < -0.3 is 39.4 Å². The van der Waals surface area contributed by atoms with Gasteiger partial charge in [-0.2, -0.15) is 9.97 Å². The van der Waals surface area contributed by atoms with Gasteiger partial charge in [-0.05, 0) is 44.4 Å². The van der Waals surface area contributed by atoms with E-state index in [9.17, 15) is 24.4 Å². The number of nitrogens with one attached hydrogen (secondary N) is 2. The molecule has 18 heteroatoms. The van der Waals surface area contributed by atoms with Gasteiger partial charge in [0.25, 0.3) is 0 Å². The monoisotopic (exact) mass is 701 g/mol. The van der Waals surface area contributed by atoms with Crippen LogP contribution in [-0.4, -0.2) is 98.5 Å². The molecule has 2 unspecified atom stereocenters. The van der Waals surface area contributed by atoms with Gasteiger partial charge in [-0.3, -0.25) is 18.7 Å². The lowest BCUT2D eigenvalue weighted by atomic mass is 9.96. The Labute approximate surface area is 281 Å². The van der Waals surface area contributed by atoms with Crippen LogP contribution in [0.25, 0.3) is 11.2 Å². The molecule has 1 fully saturated rings. The van der Waals surface area contributed by atoms with E-state index < -0.39 is 62.3 Å². The summed E-state index contributed by atoms with van der Waals surface area (Å²) in [5, 5.41) is 28.3. The number of methoxy groups -OCH3 is 1. The molecule has 0 radical (unpaired) electrons. The molecule has 1 saturated heterocycles. The molecule has 0 bridgehead atoms. The molecular weight excluding hydrogens is 649 g/mol. The first-order valence-corrected chi connectivity index (χ1v) is 17.9. The van der Waals surface area contributed by atoms with Crippen molar-refractivity contribution in [1.82, 2.24) is 29.7 Å². The van der Waals surface area contributed by atoms with Crippen molar-refractivity contribution in [2.45, 2.75) is 110 Å². The fraction of sp³-hybridized carbons (Fsp3) is 0.767. The number of anilines is 1. The van der Waals surface area contributed by atoms with E-state index in [1.165, 1.54) is 24.9 Å². The number of imidazole rings is 1. The second kappa shape index (κ2) is 17.1. The summed E-state index contributed by atoms with van der Waals surface area (Å²) in [5.41, 5.74) is 4.35. The number of hydrogen-bond donors (Lipinski definition) is 5. The van der Waals surface area contributed by atoms with Gasteiger partial charge in [0.2, 0.25) is 11.8 Å². The number of aromatic nitrogens is 4. The van der Waals surface area contributed by atoms with E-state index in [0.717, 1.165) is 0 Å². The molecular formula is C30H52N7O10P. The van der Waals surface area contributed by atoms with E-state index in [0.29, 0.717) is 12.8 Å². The number of hydrogen-bond acceptors (Lipinski definition) is 14. The Morgan fingerprint density at radius 3 is 2.08 bits per heavy atom. The van der Waals surface area contributed by atoms with Crippen LogP contribution in [0.15, 0.2) is 6.33 Å². The summed E-state index contributed by atoms with van der Waals surface area (Å²) < 4.78 is 44.1. The first-order chi connectivity index (χ1) is 22.6. The van der Waals surface area contributed by atoms with Crippen molar-refractivity contribution >= 4 is 36.7 Å². The highest BCUT2D eigenvalue weighted by Gasteiger charge is 2.54. The predicted molar refractivity (Wildman–Crippen MR) is 176 cm³/mol. The van der Waals surface area contributed by atoms with Crippen molar-refractivity contribution in [1.29, 1.82) is 0 Å². The standard InChI is InChI=1S/C30H52N7O10P/c1-9-11-44-26(39)19(13-17(3)4)35-48(42,36-20(14-18(5)6)27(40)45-12-10-2)46-15-21-23(38)30(7,41)28(47-21)37-16-32-22-24(37)33-29(31)34-25(22)43-8/h16-21,23,28,38,41H,9-15H2,1-8H3,(H2,31,33,34)(H2,35,36,42)/t19-,20-,21+,23?,28?,30-/m0/s1. The summed E-state index contributed by atoms with van der Waals surface area (Å²) >= 11 is 0. The molecule has 3 rings (SSSR count). The molecule has 0 aromatic carbocycles. The molecule has 3 heterocycles. The number of nitrogens with two attached hydrogens (primary N) is 1. The summed E-state index contributed by atoms with van der Waals surface area (Å²) in [6.07, 6.45) is -1.06. The van der Waals surface area contributed by atoms with Crippen LogP contribution >= 0.6 is 7.67 Å². The van der Waals surface area contributed by atoms with Crippen LogP contribution in [0.5, 0.6) is 5.88 Å². The quantitative estimate of drug-likeness (QED) is 0.105. The summed E-state index contributed by atoms with van der Waals surface area (Å²) in [6, 6.07) is -2.13. The fourth-order valence-electron chi connectivity index (χ4n) is 5.25. The predicted octanol–water partition coefficient (Wildman–Crippen LogP) is 2.47. The average molecular weight is 702 g/mol. The van der Waals surface area contributed by atoms with Crippen LogP contribution in [-0.2, 0) is 32.9 Å². The summed E-state index contributed by atoms with van der Waals surface area (Å²) in [4.78, 5) is 38.7. The van der Waals surface area contributed by atoms with Gasteiger partial charge in [0.15, 0.2) is 17.4 Å². The largest absolute Gasteiger partial charge is 0.479 e. The van der Waals surface area contributed by atoms with E-state index in [2.05, 4.69) is 25.1 Å².